The van der Waals surface area contributed by atoms with Crippen LogP contribution in [0, 0.1) is 27.7 Å². The third kappa shape index (κ3) is 10.7. The van der Waals surface area contributed by atoms with Crippen LogP contribution in [0.15, 0.2) is 91.0 Å². The molecule has 7 aliphatic rings. The van der Waals surface area contributed by atoms with E-state index in [4.69, 9.17) is 54.8 Å². The number of carbonyl (C=O) groups is 3. The Balaban J connectivity index is 0.000000234. The van der Waals surface area contributed by atoms with Gasteiger partial charge in [0.2, 0.25) is 27.1 Å². The maximum absolute atomic E-state index is 12.5. The van der Waals surface area contributed by atoms with Gasteiger partial charge in [0.05, 0.1) is 16.7 Å². The summed E-state index contributed by atoms with van der Waals surface area (Å²) in [5, 5.41) is 36.3. The van der Waals surface area contributed by atoms with Crippen LogP contribution in [0.5, 0.6) is 63.2 Å². The molecule has 0 amide bonds. The van der Waals surface area contributed by atoms with Gasteiger partial charge in [0.1, 0.15) is 39.8 Å². The van der Waals surface area contributed by atoms with Crippen LogP contribution in [0.25, 0.3) is 65.7 Å². The van der Waals surface area contributed by atoms with E-state index in [0.29, 0.717) is 84.2 Å². The lowest BCUT2D eigenvalue weighted by Gasteiger charge is -2.15. The third-order valence-corrected chi connectivity index (χ3v) is 15.4. The second kappa shape index (κ2) is 25.9. The van der Waals surface area contributed by atoms with Gasteiger partial charge < -0.3 is 67.4 Å². The zero-order valence-corrected chi connectivity index (χ0v) is 42.5. The Morgan fingerprint density at radius 1 is 0.307 bits per heavy atom. The van der Waals surface area contributed by atoms with E-state index in [9.17, 15) is 29.7 Å². The molecule has 17 nitrogen and oxygen atoms in total. The first-order valence-electron chi connectivity index (χ1n) is 26.0. The molecule has 16 rings (SSSR count). The summed E-state index contributed by atoms with van der Waals surface area (Å²) < 4.78 is 74.0. The number of ether oxygens (including phenoxy) is 11. The van der Waals surface area contributed by atoms with Gasteiger partial charge in [-0.25, -0.2) is 14.4 Å². The molecule has 0 bridgehead atoms. The number of hydrogen-bond donors (Lipinski definition) is 3. The number of phenols is 3. The highest BCUT2D eigenvalue weighted by Gasteiger charge is 2.36. The minimum absolute atomic E-state index is 0. The predicted octanol–water partition coefficient (Wildman–Crippen LogP) is 17.5. The lowest BCUT2D eigenvalue weighted by molar-refractivity contribution is 0.0525. The number of esters is 3. The van der Waals surface area contributed by atoms with Crippen molar-refractivity contribution in [2.75, 3.05) is 27.1 Å². The number of aryl methyl sites for hydroxylation is 4. The first kappa shape index (κ1) is 65.5. The number of cyclic esters (lactones) is 3. The van der Waals surface area contributed by atoms with Crippen molar-refractivity contribution in [1.29, 1.82) is 0 Å². The van der Waals surface area contributed by atoms with Crippen LogP contribution in [-0.2, 0) is 34.0 Å². The first-order valence-corrected chi connectivity index (χ1v) is 25.0. The molecular formula is C71H80O17. The fraction of sp³-hybridized carbons (Fsp3) is 0.282. The number of fused-ring (bicyclic) bond motifs is 10. The predicted molar refractivity (Wildman–Crippen MR) is 345 cm³/mol. The molecule has 0 fully saturated rings. The molecule has 7 aliphatic heterocycles. The van der Waals surface area contributed by atoms with E-state index in [2.05, 4.69) is 0 Å². The van der Waals surface area contributed by atoms with Crippen molar-refractivity contribution in [3.63, 3.8) is 0 Å². The second-order valence-electron chi connectivity index (χ2n) is 19.8. The smallest absolute Gasteiger partial charge is 0.339 e. The van der Waals surface area contributed by atoms with E-state index in [-0.39, 0.29) is 141 Å². The van der Waals surface area contributed by atoms with Crippen LogP contribution in [-0.4, -0.2) is 60.4 Å². The number of phenolic OH excluding ortho intramolecular Hbond substituents is 3. The Hall–Kier alpha value is -10.0. The summed E-state index contributed by atoms with van der Waals surface area (Å²) in [5.74, 6) is 2.90. The van der Waals surface area contributed by atoms with Gasteiger partial charge in [0.15, 0.2) is 46.0 Å². The summed E-state index contributed by atoms with van der Waals surface area (Å²) in [5.41, 5.74) is 11.3. The van der Waals surface area contributed by atoms with E-state index in [1.165, 1.54) is 6.07 Å². The zero-order valence-electron chi connectivity index (χ0n) is 44.5. The van der Waals surface area contributed by atoms with Gasteiger partial charge in [0.25, 0.3) is 0 Å². The van der Waals surface area contributed by atoms with E-state index < -0.39 is 24.7 Å². The number of benzene rings is 9. The van der Waals surface area contributed by atoms with Crippen molar-refractivity contribution in [1.82, 2.24) is 0 Å². The molecule has 17 heteroatoms. The summed E-state index contributed by atoms with van der Waals surface area (Å²) in [6.45, 7) is 6.33. The van der Waals surface area contributed by atoms with Gasteiger partial charge in [-0.05, 0) is 143 Å². The molecule has 0 unspecified atom stereocenters. The van der Waals surface area contributed by atoms with Crippen molar-refractivity contribution in [3.8, 4) is 96.6 Å². The molecule has 0 aliphatic carbocycles. The van der Waals surface area contributed by atoms with Crippen LogP contribution >= 0.6 is 0 Å². The van der Waals surface area contributed by atoms with E-state index >= 15 is 0 Å². The Bertz CT molecular complexity index is 4180. The molecule has 0 saturated heterocycles. The monoisotopic (exact) mass is 1210 g/mol. The van der Waals surface area contributed by atoms with Gasteiger partial charge in [-0.15, -0.1) is 0 Å². The summed E-state index contributed by atoms with van der Waals surface area (Å²) in [4.78, 5) is 37.4. The second-order valence-corrected chi connectivity index (χ2v) is 19.8. The average Bonchev–Trinajstić information content (AvgIpc) is 1.63. The SMILES string of the molecule is C.C.C.C.C.C.C.C.C.Cc1cc2c(O)c3c(c(-c4ccc5c(c4)OCO5)c2cc1C)C(=O)OC3.Cc1cc2c(O)c3c(c(-c4ccc5c(c4)OCO5)c2cc1C)C(=O)OC3.[2H]C1([2H])Oc2cc3c(O)c4c(c(-c5ccc6c(c5)OCO6)c3cc2O1)C(=O)OC4. The number of rotatable bonds is 3. The average molecular weight is 1210 g/mol. The quantitative estimate of drug-likeness (QED) is 0.111. The van der Waals surface area contributed by atoms with Crippen LogP contribution in [0.1, 0.15) is 140 Å². The molecule has 3 N–H and O–H groups in total. The first-order chi connectivity index (χ1) is 39.0. The highest BCUT2D eigenvalue weighted by atomic mass is 16.7. The molecule has 0 aromatic heterocycles. The number of hydrogen-bond acceptors (Lipinski definition) is 17. The topological polar surface area (TPSA) is 213 Å². The van der Waals surface area contributed by atoms with Crippen LogP contribution in [0.4, 0.5) is 0 Å². The summed E-state index contributed by atoms with van der Waals surface area (Å²) in [7, 11) is 0. The van der Waals surface area contributed by atoms with Gasteiger partial charge >= 0.3 is 17.9 Å². The Labute approximate surface area is 517 Å². The molecule has 0 radical (unpaired) electrons. The van der Waals surface area contributed by atoms with Crippen LogP contribution < -0.4 is 37.9 Å². The van der Waals surface area contributed by atoms with Crippen LogP contribution in [0.2, 0.25) is 0 Å². The number of carbonyl (C=O) groups excluding carboxylic acids is 3. The molecular weight excluding hydrogens is 1120 g/mol. The fourth-order valence-corrected chi connectivity index (χ4v) is 11.2. The molecule has 0 saturated carbocycles. The van der Waals surface area contributed by atoms with E-state index in [1.54, 1.807) is 24.3 Å². The molecule has 0 spiro atoms. The van der Waals surface area contributed by atoms with Crippen molar-refractivity contribution in [2.45, 2.75) is 114 Å². The van der Waals surface area contributed by atoms with Crippen LogP contribution in [0.3, 0.4) is 0 Å². The highest BCUT2D eigenvalue weighted by molar-refractivity contribution is 6.16. The van der Waals surface area contributed by atoms with Gasteiger partial charge in [-0.3, -0.25) is 0 Å². The molecule has 7 heterocycles. The lowest BCUT2D eigenvalue weighted by atomic mass is 9.88. The molecule has 88 heavy (non-hydrogen) atoms. The Morgan fingerprint density at radius 2 is 0.557 bits per heavy atom. The summed E-state index contributed by atoms with van der Waals surface area (Å²) >= 11 is 0. The van der Waals surface area contributed by atoms with Gasteiger partial charge in [-0.1, -0.05) is 97.2 Å². The minimum atomic E-state index is -2.31. The molecule has 9 aromatic rings. The third-order valence-electron chi connectivity index (χ3n) is 15.4. The summed E-state index contributed by atoms with van der Waals surface area (Å²) in [6.07, 6.45) is 0. The number of aromatic hydroxyl groups is 3. The van der Waals surface area contributed by atoms with E-state index in [0.717, 1.165) is 66.1 Å². The maximum Gasteiger partial charge on any atom is 0.339 e. The normalized spacial score (nSPS) is 14.4. The Morgan fingerprint density at radius 3 is 0.875 bits per heavy atom. The summed E-state index contributed by atoms with van der Waals surface area (Å²) in [6, 6.07) is 27.5. The highest BCUT2D eigenvalue weighted by Crippen LogP contribution is 2.52. The van der Waals surface area contributed by atoms with Crippen molar-refractivity contribution >= 4 is 50.2 Å². The molecule has 466 valence electrons. The molecule has 0 atom stereocenters. The zero-order chi connectivity index (χ0) is 55.9. The standard InChI is InChI=1S/2C21H16O5.C20H12O7.9CH4/c2*1-10-5-13-14(6-11(10)2)20(22)15-8-24-21(23)19(15)18(13)12-3-4-16-17(7-12)26-9-25-16;21-19-11-5-16-15(26-8-27-16)4-10(11)17(18-12(19)6-23-20(18)22)9-1-2-13-14(3-9)25-7-24-13;;;;;;;;;/h2*3-7,22H,8-9H2,1-2H3;1-5,21H,6-8H2;9*1H4/i;;8D2;;;;;;;;;. The Kier molecular flexibility index (Phi) is 19.3. The van der Waals surface area contributed by atoms with Gasteiger partial charge in [0, 0.05) is 49.5 Å². The van der Waals surface area contributed by atoms with Gasteiger partial charge in [-0.2, -0.15) is 0 Å². The largest absolute Gasteiger partial charge is 0.507 e. The lowest BCUT2D eigenvalue weighted by Crippen LogP contribution is -2.00. The van der Waals surface area contributed by atoms with E-state index in [1.807, 2.05) is 88.4 Å². The van der Waals surface area contributed by atoms with Crippen molar-refractivity contribution < 1.29 is 84.6 Å². The minimum Gasteiger partial charge on any atom is -0.507 e. The van der Waals surface area contributed by atoms with Crippen molar-refractivity contribution in [3.05, 3.63) is 147 Å². The maximum atomic E-state index is 12.5. The molecule has 9 aromatic carbocycles. The van der Waals surface area contributed by atoms with Crippen molar-refractivity contribution in [2.24, 2.45) is 0 Å². The fourth-order valence-electron chi connectivity index (χ4n) is 11.2.